The standard InChI is InChI=1S/H3N23/c1-3-5-7-9-11-13-15-17-19-21-23-22-20-18-16-14-12-10-8-6-4-2/h(H3,1,2,5,6,9,10,13,14,17,18,21,22). The van der Waals surface area contributed by atoms with E-state index in [1.807, 2.05) is 0 Å². The van der Waals surface area contributed by atoms with Crippen molar-refractivity contribution in [1.29, 1.82) is 5.53 Å². The van der Waals surface area contributed by atoms with Crippen molar-refractivity contribution < 1.29 is 0 Å². The Morgan fingerprint density at radius 3 is 0.783 bits per heavy atom. The summed E-state index contributed by atoms with van der Waals surface area (Å²) in [6.45, 7) is 0. The van der Waals surface area contributed by atoms with Gasteiger partial charge in [-0.2, -0.15) is 5.53 Å². The zero-order valence-electron chi connectivity index (χ0n) is 10.5. The molecule has 0 heterocycles. The molecule has 0 saturated carbocycles. The van der Waals surface area contributed by atoms with Crippen LogP contribution in [-0.4, -0.2) is 0 Å². The molecule has 0 saturated heterocycles. The SMILES string of the molecule is N=N/N=N/N=N/N=N/N=N/N=N/N=N/N=N/N=N/N=N/N=N/N. The summed E-state index contributed by atoms with van der Waals surface area (Å²) in [5.74, 6) is 4.60. The molecule has 3 N–H and O–H groups in total. The van der Waals surface area contributed by atoms with Gasteiger partial charge in [0, 0.05) is 26.1 Å². The van der Waals surface area contributed by atoms with Crippen LogP contribution in [0.15, 0.2) is 110 Å². The molecular formula is H3N23. The molecule has 0 fully saturated rings. The van der Waals surface area contributed by atoms with Gasteiger partial charge < -0.3 is 5.84 Å². The largest absolute Gasteiger partial charge is 0.303 e. The van der Waals surface area contributed by atoms with Crippen LogP contribution >= 0.6 is 0 Å². The first-order chi connectivity index (χ1) is 11.4. The van der Waals surface area contributed by atoms with Crippen LogP contribution in [0.4, 0.5) is 0 Å². The molecule has 23 nitrogen and oxygen atoms in total. The number of rotatable bonds is 10. The van der Waals surface area contributed by atoms with Crippen molar-refractivity contribution in [2.45, 2.75) is 0 Å². The second kappa shape index (κ2) is 17.4. The first-order valence-corrected chi connectivity index (χ1v) is 4.48. The molecule has 0 bridgehead atoms. The summed E-state index contributed by atoms with van der Waals surface area (Å²) in [5.41, 5.74) is 6.20. The average molecular weight is 325 g/mol. The topological polar surface area (TPSA) is 309 Å². The van der Waals surface area contributed by atoms with Gasteiger partial charge >= 0.3 is 0 Å². The van der Waals surface area contributed by atoms with Crippen LogP contribution in [0.3, 0.4) is 0 Å². The molecule has 0 amide bonds. The van der Waals surface area contributed by atoms with Gasteiger partial charge in [-0.1, -0.05) is 5.22 Å². The zero-order chi connectivity index (χ0) is 16.8. The molecule has 0 aromatic heterocycles. The number of hydrogen-bond donors (Lipinski definition) is 2. The van der Waals surface area contributed by atoms with E-state index < -0.39 is 0 Å². The van der Waals surface area contributed by atoms with E-state index in [1.165, 1.54) is 0 Å². The average Bonchev–Trinajstić information content (AvgIpc) is 2.57. The molecule has 0 radical (unpaired) electrons. The third-order valence-electron chi connectivity index (χ3n) is 0.816. The van der Waals surface area contributed by atoms with Gasteiger partial charge in [0.25, 0.3) is 0 Å². The van der Waals surface area contributed by atoms with Gasteiger partial charge in [0.15, 0.2) is 0 Å². The molecule has 0 aromatic carbocycles. The lowest BCUT2D eigenvalue weighted by molar-refractivity contribution is 0.734. The molecule has 0 aliphatic carbocycles. The van der Waals surface area contributed by atoms with Gasteiger partial charge in [0.05, 0.1) is 0 Å². The quantitative estimate of drug-likeness (QED) is 0.339. The Morgan fingerprint density at radius 1 is 0.348 bits per heavy atom. The van der Waals surface area contributed by atoms with E-state index in [0.29, 0.717) is 0 Å². The van der Waals surface area contributed by atoms with E-state index in [1.54, 1.807) is 0 Å². The van der Waals surface area contributed by atoms with Crippen molar-refractivity contribution in [3.05, 3.63) is 0 Å². The molecule has 0 rings (SSSR count). The highest BCUT2D eigenvalue weighted by atomic mass is 15.7. The monoisotopic (exact) mass is 325 g/mol. The predicted molar refractivity (Wildman–Crippen MR) is 57.9 cm³/mol. The normalized spacial score (nSPS) is 14.4. The Balaban J connectivity index is 3.90. The molecule has 118 valence electrons. The van der Waals surface area contributed by atoms with Crippen molar-refractivity contribution in [2.24, 2.45) is 116 Å². The Labute approximate surface area is 122 Å². The lowest BCUT2D eigenvalue weighted by Gasteiger charge is -1.69. The molecule has 23 heavy (non-hydrogen) atoms. The maximum atomic E-state index is 6.20. The molecule has 0 aliphatic heterocycles. The Bertz CT molecular complexity index is 565. The highest BCUT2D eigenvalue weighted by molar-refractivity contribution is 4.14. The van der Waals surface area contributed by atoms with Crippen molar-refractivity contribution in [3.63, 3.8) is 0 Å². The second-order valence-electron chi connectivity index (χ2n) is 1.91. The van der Waals surface area contributed by atoms with E-state index in [0.717, 1.165) is 0 Å². The minimum Gasteiger partial charge on any atom is -0.303 e. The van der Waals surface area contributed by atoms with Gasteiger partial charge in [-0.3, -0.25) is 0 Å². The van der Waals surface area contributed by atoms with Crippen molar-refractivity contribution in [1.82, 2.24) is 0 Å². The molecule has 0 spiro atoms. The molecular weight excluding hydrogens is 322 g/mol. The summed E-state index contributed by atoms with van der Waals surface area (Å²) >= 11 is 0. The lowest BCUT2D eigenvalue weighted by Crippen LogP contribution is -1.70. The molecule has 0 aromatic rings. The van der Waals surface area contributed by atoms with Crippen LogP contribution in [0.25, 0.3) is 0 Å². The molecule has 23 heteroatoms. The first kappa shape index (κ1) is 18.4. The maximum Gasteiger partial charge on any atom is 0 e. The number of nitrogens with one attached hydrogen (secondary N) is 1. The van der Waals surface area contributed by atoms with Crippen LogP contribution < -0.4 is 5.84 Å². The fourth-order valence-corrected chi connectivity index (χ4v) is 0.347. The first-order valence-electron chi connectivity index (χ1n) is 4.48. The van der Waals surface area contributed by atoms with Gasteiger partial charge in [0.2, 0.25) is 0 Å². The summed E-state index contributed by atoms with van der Waals surface area (Å²) in [7, 11) is 0. The molecule has 0 unspecified atom stereocenters. The Morgan fingerprint density at radius 2 is 0.565 bits per heavy atom. The third kappa shape index (κ3) is 17.4. The van der Waals surface area contributed by atoms with Crippen LogP contribution in [0.2, 0.25) is 0 Å². The van der Waals surface area contributed by atoms with E-state index >= 15 is 0 Å². The van der Waals surface area contributed by atoms with Crippen LogP contribution in [0, 0.1) is 5.53 Å². The van der Waals surface area contributed by atoms with Gasteiger partial charge in [0.1, 0.15) is 0 Å². The minimum atomic E-state index is 2.50. The van der Waals surface area contributed by atoms with E-state index in [-0.39, 0.29) is 0 Å². The molecule has 0 atom stereocenters. The van der Waals surface area contributed by atoms with Crippen LogP contribution in [0.1, 0.15) is 0 Å². The fraction of sp³-hybridized carbons (Fsp3) is 0. The van der Waals surface area contributed by atoms with Crippen molar-refractivity contribution in [3.8, 4) is 0 Å². The van der Waals surface area contributed by atoms with Crippen molar-refractivity contribution >= 4 is 0 Å². The number of nitrogens with zero attached hydrogens (tertiary/aromatic N) is 21. The smallest absolute Gasteiger partial charge is 0 e. The minimum absolute atomic E-state index is 2.50. The molecule has 0 aliphatic rings. The van der Waals surface area contributed by atoms with Gasteiger partial charge in [-0.25, -0.2) is 0 Å². The summed E-state index contributed by atoms with van der Waals surface area (Å²) in [6.07, 6.45) is 0. The summed E-state index contributed by atoms with van der Waals surface area (Å²) in [4.78, 5) is 0. The summed E-state index contributed by atoms with van der Waals surface area (Å²) in [6, 6.07) is 0. The summed E-state index contributed by atoms with van der Waals surface area (Å²) < 4.78 is 0. The highest BCUT2D eigenvalue weighted by Crippen LogP contribution is 1.89. The van der Waals surface area contributed by atoms with Gasteiger partial charge in [-0.15, -0.1) is 0 Å². The highest BCUT2D eigenvalue weighted by Gasteiger charge is 1.71. The summed E-state index contributed by atoms with van der Waals surface area (Å²) in [5, 5.41) is 61.2. The van der Waals surface area contributed by atoms with Crippen LogP contribution in [0.5, 0.6) is 0 Å². The Hall–Kier alpha value is -4.60. The third-order valence-corrected chi connectivity index (χ3v) is 0.816. The Kier molecular flexibility index (Phi) is 13.9. The van der Waals surface area contributed by atoms with E-state index in [9.17, 15) is 0 Å². The van der Waals surface area contributed by atoms with E-state index in [2.05, 4.69) is 116 Å². The van der Waals surface area contributed by atoms with Gasteiger partial charge in [-0.05, 0) is 78.3 Å². The van der Waals surface area contributed by atoms with Crippen LogP contribution in [-0.2, 0) is 0 Å². The number of hydrogen-bond acceptors (Lipinski definition) is 2. The maximum absolute atomic E-state index is 6.20. The van der Waals surface area contributed by atoms with E-state index in [4.69, 9.17) is 5.53 Å². The van der Waals surface area contributed by atoms with Crippen molar-refractivity contribution in [2.75, 3.05) is 0 Å². The fourth-order valence-electron chi connectivity index (χ4n) is 0.347. The zero-order valence-corrected chi connectivity index (χ0v) is 10.5. The number of nitrogens with two attached hydrogens (primary N) is 1. The lowest BCUT2D eigenvalue weighted by atomic mass is 12.3. The predicted octanol–water partition coefficient (Wildman–Crippen LogP) is 3.56. The second-order valence-corrected chi connectivity index (χ2v) is 1.91.